The maximum Gasteiger partial charge on any atom is 0.227 e. The van der Waals surface area contributed by atoms with E-state index in [-0.39, 0.29) is 11.8 Å². The molecule has 0 radical (unpaired) electrons. The van der Waals surface area contributed by atoms with E-state index >= 15 is 0 Å². The van der Waals surface area contributed by atoms with Crippen LogP contribution in [-0.2, 0) is 11.3 Å². The number of halogens is 1. The van der Waals surface area contributed by atoms with Gasteiger partial charge in [-0.3, -0.25) is 14.5 Å². The van der Waals surface area contributed by atoms with Crippen LogP contribution in [0, 0.1) is 12.8 Å². The Hall–Kier alpha value is -2.72. The number of amides is 1. The number of carbonyl (C=O) groups excluding carboxylic acids is 1. The average Bonchev–Trinajstić information content (AvgIpc) is 3.41. The molecular formula is C20H20BrN7OS. The molecule has 5 rings (SSSR count). The van der Waals surface area contributed by atoms with E-state index in [0.717, 1.165) is 51.2 Å². The molecule has 2 aromatic heterocycles. The Morgan fingerprint density at radius 2 is 2.10 bits per heavy atom. The Kier molecular flexibility index (Phi) is 5.03. The number of nitrogens with zero attached hydrogens (tertiary/aromatic N) is 4. The highest BCUT2D eigenvalue weighted by Crippen LogP contribution is 2.33. The van der Waals surface area contributed by atoms with Crippen molar-refractivity contribution >= 4 is 51.1 Å². The van der Waals surface area contributed by atoms with Crippen LogP contribution in [0.3, 0.4) is 0 Å². The van der Waals surface area contributed by atoms with Crippen LogP contribution in [-0.4, -0.2) is 30.0 Å². The Balaban J connectivity index is 1.32. The molecule has 1 aliphatic heterocycles. The molecule has 1 aliphatic carbocycles. The topological polar surface area (TPSA) is 90.9 Å². The maximum absolute atomic E-state index is 11.9. The van der Waals surface area contributed by atoms with Crippen LogP contribution in [0.25, 0.3) is 5.82 Å². The van der Waals surface area contributed by atoms with Gasteiger partial charge in [-0.05, 0) is 71.9 Å². The molecule has 1 amide bonds. The molecule has 1 saturated carbocycles. The molecule has 3 heterocycles. The molecule has 0 bridgehead atoms. The highest BCUT2D eigenvalue weighted by molar-refractivity contribution is 9.10. The molecule has 8 nitrogen and oxygen atoms in total. The van der Waals surface area contributed by atoms with E-state index < -0.39 is 0 Å². The predicted molar refractivity (Wildman–Crippen MR) is 120 cm³/mol. The van der Waals surface area contributed by atoms with Gasteiger partial charge < -0.3 is 14.9 Å². The van der Waals surface area contributed by atoms with Crippen LogP contribution in [0.1, 0.15) is 24.4 Å². The molecule has 154 valence electrons. The Labute approximate surface area is 186 Å². The quantitative estimate of drug-likeness (QED) is 0.447. The van der Waals surface area contributed by atoms with Gasteiger partial charge in [0.1, 0.15) is 16.2 Å². The molecule has 0 spiro atoms. The summed E-state index contributed by atoms with van der Waals surface area (Å²) in [6, 6.07) is 9.87. The number of benzene rings is 1. The highest BCUT2D eigenvalue weighted by Gasteiger charge is 2.29. The van der Waals surface area contributed by atoms with Crippen LogP contribution < -0.4 is 10.6 Å². The molecule has 0 saturated heterocycles. The Morgan fingerprint density at radius 3 is 2.80 bits per heavy atom. The third-order valence-corrected chi connectivity index (χ3v) is 6.36. The number of aromatic nitrogens is 4. The number of hydrogen-bond acceptors (Lipinski definition) is 6. The largest absolute Gasteiger partial charge is 0.326 e. The lowest BCUT2D eigenvalue weighted by atomic mass is 10.3. The molecular weight excluding hydrogens is 466 g/mol. The SMILES string of the molecule is Cc1cc(NC2=CN(Sc3ccc(NC(=O)C4CC4)cc3)Cc3ncc(Br)n32)n[nH]1. The molecule has 0 unspecified atom stereocenters. The van der Waals surface area contributed by atoms with Crippen molar-refractivity contribution in [3.63, 3.8) is 0 Å². The molecule has 3 aromatic rings. The Morgan fingerprint density at radius 1 is 1.30 bits per heavy atom. The smallest absolute Gasteiger partial charge is 0.227 e. The summed E-state index contributed by atoms with van der Waals surface area (Å²) in [7, 11) is 0. The number of H-pyrrole nitrogens is 1. The molecule has 2 aliphatic rings. The number of rotatable bonds is 6. The first-order valence-corrected chi connectivity index (χ1v) is 11.2. The van der Waals surface area contributed by atoms with Crippen molar-refractivity contribution < 1.29 is 4.79 Å². The minimum absolute atomic E-state index is 0.121. The standard InChI is InChI=1S/C20H20BrN7OS/c1-12-8-17(26-25-12)24-19-11-27(10-18-22-9-16(21)28(18)19)30-15-6-4-14(5-7-15)23-20(29)13-2-3-13/h4-9,11,13H,2-3,10H2,1H3,(H,23,29)(H2,24,25,26). The van der Waals surface area contributed by atoms with E-state index in [9.17, 15) is 4.79 Å². The first kappa shape index (κ1) is 19.3. The summed E-state index contributed by atoms with van der Waals surface area (Å²) in [5, 5.41) is 13.5. The molecule has 3 N–H and O–H groups in total. The summed E-state index contributed by atoms with van der Waals surface area (Å²) in [6.45, 7) is 2.62. The second kappa shape index (κ2) is 7.84. The second-order valence-corrected chi connectivity index (χ2v) is 9.30. The lowest BCUT2D eigenvalue weighted by molar-refractivity contribution is -0.117. The van der Waals surface area contributed by atoms with Crippen LogP contribution in [0.15, 0.2) is 52.2 Å². The van der Waals surface area contributed by atoms with Crippen LogP contribution in [0.4, 0.5) is 11.5 Å². The van der Waals surface area contributed by atoms with Gasteiger partial charge in [0.2, 0.25) is 5.91 Å². The van der Waals surface area contributed by atoms with Gasteiger partial charge in [0.25, 0.3) is 0 Å². The Bertz CT molecular complexity index is 1120. The van der Waals surface area contributed by atoms with Gasteiger partial charge in [-0.2, -0.15) is 5.10 Å². The number of fused-ring (bicyclic) bond motifs is 1. The number of nitrogens with one attached hydrogen (secondary N) is 3. The molecule has 0 atom stereocenters. The normalized spacial score (nSPS) is 15.5. The van der Waals surface area contributed by atoms with E-state index in [0.29, 0.717) is 6.54 Å². The van der Waals surface area contributed by atoms with Crippen molar-refractivity contribution in [3.05, 3.63) is 58.9 Å². The van der Waals surface area contributed by atoms with Crippen molar-refractivity contribution in [3.8, 4) is 0 Å². The minimum atomic E-state index is 0.121. The van der Waals surface area contributed by atoms with Gasteiger partial charge in [0, 0.05) is 28.3 Å². The molecule has 30 heavy (non-hydrogen) atoms. The summed E-state index contributed by atoms with van der Waals surface area (Å²) in [5.41, 5.74) is 1.82. The van der Waals surface area contributed by atoms with Gasteiger partial charge in [0.05, 0.1) is 18.9 Å². The van der Waals surface area contributed by atoms with E-state index in [4.69, 9.17) is 0 Å². The summed E-state index contributed by atoms with van der Waals surface area (Å²) >= 11 is 5.18. The van der Waals surface area contributed by atoms with Gasteiger partial charge in [0.15, 0.2) is 5.82 Å². The highest BCUT2D eigenvalue weighted by atomic mass is 79.9. The number of hydrogen-bond donors (Lipinski definition) is 3. The lowest BCUT2D eigenvalue weighted by Gasteiger charge is -2.27. The van der Waals surface area contributed by atoms with Crippen molar-refractivity contribution in [2.45, 2.75) is 31.2 Å². The van der Waals surface area contributed by atoms with Crippen LogP contribution in [0.5, 0.6) is 0 Å². The zero-order valence-corrected chi connectivity index (χ0v) is 18.6. The van der Waals surface area contributed by atoms with Crippen molar-refractivity contribution in [1.29, 1.82) is 0 Å². The average molecular weight is 486 g/mol. The number of aryl methyl sites for hydroxylation is 1. The number of aromatic amines is 1. The second-order valence-electron chi connectivity index (χ2n) is 7.36. The molecule has 1 fully saturated rings. The number of imidazole rings is 1. The lowest BCUT2D eigenvalue weighted by Crippen LogP contribution is -2.23. The first-order valence-electron chi connectivity index (χ1n) is 9.64. The van der Waals surface area contributed by atoms with Crippen LogP contribution in [0.2, 0.25) is 0 Å². The number of carbonyl (C=O) groups is 1. The van der Waals surface area contributed by atoms with Crippen molar-refractivity contribution in [2.24, 2.45) is 5.92 Å². The molecule has 10 heteroatoms. The number of anilines is 2. The molecule has 1 aromatic carbocycles. The van der Waals surface area contributed by atoms with E-state index in [2.05, 4.69) is 46.1 Å². The summed E-state index contributed by atoms with van der Waals surface area (Å²) in [4.78, 5) is 17.5. The van der Waals surface area contributed by atoms with E-state index in [1.807, 2.05) is 48.0 Å². The summed E-state index contributed by atoms with van der Waals surface area (Å²) in [6.07, 6.45) is 5.84. The van der Waals surface area contributed by atoms with Gasteiger partial charge >= 0.3 is 0 Å². The zero-order chi connectivity index (χ0) is 20.7. The van der Waals surface area contributed by atoms with Crippen LogP contribution >= 0.6 is 27.9 Å². The van der Waals surface area contributed by atoms with Crippen molar-refractivity contribution in [2.75, 3.05) is 10.6 Å². The fraction of sp³-hybridized carbons (Fsp3) is 0.250. The van der Waals surface area contributed by atoms with Gasteiger partial charge in [-0.1, -0.05) is 0 Å². The maximum atomic E-state index is 11.9. The van der Waals surface area contributed by atoms with Gasteiger partial charge in [-0.15, -0.1) is 0 Å². The van der Waals surface area contributed by atoms with E-state index in [1.165, 1.54) is 0 Å². The fourth-order valence-electron chi connectivity index (χ4n) is 3.20. The summed E-state index contributed by atoms with van der Waals surface area (Å²) < 4.78 is 5.02. The first-order chi connectivity index (χ1) is 14.5. The van der Waals surface area contributed by atoms with Gasteiger partial charge in [-0.25, -0.2) is 4.98 Å². The predicted octanol–water partition coefficient (Wildman–Crippen LogP) is 4.42. The third kappa shape index (κ3) is 4.10. The van der Waals surface area contributed by atoms with Crippen molar-refractivity contribution in [1.82, 2.24) is 24.1 Å². The monoisotopic (exact) mass is 485 g/mol. The third-order valence-electron chi connectivity index (χ3n) is 4.85. The van der Waals surface area contributed by atoms with E-state index in [1.54, 1.807) is 18.1 Å². The zero-order valence-electron chi connectivity index (χ0n) is 16.2. The minimum Gasteiger partial charge on any atom is -0.326 e. The summed E-state index contributed by atoms with van der Waals surface area (Å²) in [5.74, 6) is 2.83. The fourth-order valence-corrected chi connectivity index (χ4v) is 4.56.